The number of carbonyl (C=O) groups is 1. The Morgan fingerprint density at radius 1 is 1.23 bits per heavy atom. The molecule has 0 spiro atoms. The van der Waals surface area contributed by atoms with Crippen molar-refractivity contribution in [2.75, 3.05) is 65.0 Å². The van der Waals surface area contributed by atoms with Gasteiger partial charge in [0.05, 0.1) is 36.5 Å². The van der Waals surface area contributed by atoms with Crippen LogP contribution >= 0.6 is 22.9 Å². The van der Waals surface area contributed by atoms with Crippen molar-refractivity contribution < 1.29 is 19.0 Å². The van der Waals surface area contributed by atoms with Crippen LogP contribution in [0.25, 0.3) is 0 Å². The lowest BCUT2D eigenvalue weighted by Gasteiger charge is -2.36. The van der Waals surface area contributed by atoms with Crippen LogP contribution < -0.4 is 14.8 Å². The Hall–Kier alpha value is -1.84. The fraction of sp³-hybridized carbons (Fsp3) is 0.476. The number of benzene rings is 1. The number of nitrogens with one attached hydrogen (secondary N) is 1. The van der Waals surface area contributed by atoms with Gasteiger partial charge >= 0.3 is 0 Å². The first-order valence-corrected chi connectivity index (χ1v) is 11.3. The third-order valence-electron chi connectivity index (χ3n) is 5.16. The summed E-state index contributed by atoms with van der Waals surface area (Å²) in [7, 11) is 1.96. The van der Waals surface area contributed by atoms with Gasteiger partial charge in [0.1, 0.15) is 13.2 Å². The number of anilines is 1. The average Bonchev–Trinajstić information content (AvgIpc) is 3.28. The van der Waals surface area contributed by atoms with Gasteiger partial charge in [-0.05, 0) is 18.5 Å². The maximum Gasteiger partial charge on any atom is 0.238 e. The number of halogens is 1. The van der Waals surface area contributed by atoms with Crippen molar-refractivity contribution >= 4 is 34.5 Å². The molecule has 2 aromatic rings. The summed E-state index contributed by atoms with van der Waals surface area (Å²) < 4.78 is 16.6. The van der Waals surface area contributed by atoms with Crippen LogP contribution in [0.2, 0.25) is 5.02 Å². The van der Waals surface area contributed by atoms with E-state index in [0.29, 0.717) is 35.4 Å². The number of likely N-dealkylation sites (N-methyl/N-ethyl adjacent to an activating group) is 1. The molecule has 2 aliphatic rings. The molecule has 1 fully saturated rings. The van der Waals surface area contributed by atoms with E-state index in [1.54, 1.807) is 23.5 Å². The Kier molecular flexibility index (Phi) is 7.12. The second kappa shape index (κ2) is 9.98. The minimum absolute atomic E-state index is 0.122. The highest BCUT2D eigenvalue weighted by Gasteiger charge is 2.25. The van der Waals surface area contributed by atoms with E-state index in [2.05, 4.69) is 27.7 Å². The Morgan fingerprint density at radius 3 is 2.67 bits per heavy atom. The zero-order valence-electron chi connectivity index (χ0n) is 16.9. The molecule has 1 atom stereocenters. The number of fused-ring (bicyclic) bond motifs is 1. The Morgan fingerprint density at radius 2 is 1.97 bits per heavy atom. The van der Waals surface area contributed by atoms with Crippen LogP contribution in [0.15, 0.2) is 29.6 Å². The van der Waals surface area contributed by atoms with Gasteiger partial charge in [0.15, 0.2) is 11.5 Å². The number of carbonyl (C=O) groups excluding carboxylic acids is 1. The number of thiophene rings is 1. The van der Waals surface area contributed by atoms with Gasteiger partial charge in [0.25, 0.3) is 0 Å². The highest BCUT2D eigenvalue weighted by Crippen LogP contribution is 2.38. The summed E-state index contributed by atoms with van der Waals surface area (Å²) in [5.74, 6) is 1.08. The number of morpholine rings is 1. The van der Waals surface area contributed by atoms with Crippen LogP contribution in [-0.4, -0.2) is 75.4 Å². The van der Waals surface area contributed by atoms with Gasteiger partial charge in [0.2, 0.25) is 5.91 Å². The Balaban J connectivity index is 1.38. The third kappa shape index (κ3) is 5.25. The van der Waals surface area contributed by atoms with E-state index < -0.39 is 0 Å². The lowest BCUT2D eigenvalue weighted by Crippen LogP contribution is -2.44. The first-order valence-electron chi connectivity index (χ1n) is 10.0. The maximum atomic E-state index is 12.7. The van der Waals surface area contributed by atoms with E-state index in [1.807, 2.05) is 11.9 Å². The average molecular weight is 452 g/mol. The van der Waals surface area contributed by atoms with Gasteiger partial charge in [0, 0.05) is 36.6 Å². The standard InChI is InChI=1S/C21H26ClN3O4S/c1-24(13-17(20-3-2-10-30-20)25-4-6-27-7-5-25)14-21(26)23-16-12-19-18(11-15(16)22)28-8-9-29-19/h2-3,10-12,17H,4-9,13-14H2,1H3,(H,23,26). The molecule has 0 saturated carbocycles. The molecule has 1 aromatic heterocycles. The van der Waals surface area contributed by atoms with Crippen LogP contribution in [-0.2, 0) is 9.53 Å². The van der Waals surface area contributed by atoms with Crippen LogP contribution in [0.1, 0.15) is 10.9 Å². The summed E-state index contributed by atoms with van der Waals surface area (Å²) in [6.07, 6.45) is 0. The van der Waals surface area contributed by atoms with Gasteiger partial charge < -0.3 is 19.5 Å². The number of rotatable bonds is 7. The number of nitrogens with zero attached hydrogens (tertiary/aromatic N) is 2. The summed E-state index contributed by atoms with van der Waals surface area (Å²) in [5.41, 5.74) is 0.530. The molecule has 30 heavy (non-hydrogen) atoms. The third-order valence-corrected chi connectivity index (χ3v) is 6.45. The van der Waals surface area contributed by atoms with Crippen LogP contribution in [0.4, 0.5) is 5.69 Å². The molecule has 3 heterocycles. The molecule has 2 aliphatic heterocycles. The smallest absolute Gasteiger partial charge is 0.238 e. The minimum Gasteiger partial charge on any atom is -0.486 e. The van der Waals surface area contributed by atoms with Crippen LogP contribution in [0.3, 0.4) is 0 Å². The van der Waals surface area contributed by atoms with E-state index in [9.17, 15) is 4.79 Å². The normalized spacial score (nSPS) is 17.7. The van der Waals surface area contributed by atoms with Crippen LogP contribution in [0.5, 0.6) is 11.5 Å². The molecule has 0 aliphatic carbocycles. The number of amides is 1. The van der Waals surface area contributed by atoms with Crippen molar-refractivity contribution in [1.82, 2.24) is 9.80 Å². The van der Waals surface area contributed by atoms with Gasteiger partial charge in [-0.3, -0.25) is 14.6 Å². The summed E-state index contributed by atoms with van der Waals surface area (Å²) in [5, 5.41) is 5.43. The van der Waals surface area contributed by atoms with Gasteiger partial charge in [-0.2, -0.15) is 0 Å². The molecule has 0 bridgehead atoms. The van der Waals surface area contributed by atoms with Gasteiger partial charge in [-0.15, -0.1) is 11.3 Å². The first kappa shape index (κ1) is 21.4. The van der Waals surface area contributed by atoms with Gasteiger partial charge in [-0.1, -0.05) is 17.7 Å². The van der Waals surface area contributed by atoms with Crippen molar-refractivity contribution in [3.8, 4) is 11.5 Å². The monoisotopic (exact) mass is 451 g/mol. The molecular weight excluding hydrogens is 426 g/mol. The molecule has 1 aromatic carbocycles. The van der Waals surface area contributed by atoms with Crippen molar-refractivity contribution in [3.05, 3.63) is 39.5 Å². The lowest BCUT2D eigenvalue weighted by molar-refractivity contribution is -0.117. The molecule has 1 N–H and O–H groups in total. The predicted octanol–water partition coefficient (Wildman–Crippen LogP) is 3.12. The summed E-state index contributed by atoms with van der Waals surface area (Å²) in [4.78, 5) is 18.5. The fourth-order valence-electron chi connectivity index (χ4n) is 3.71. The van der Waals surface area contributed by atoms with E-state index in [4.69, 9.17) is 25.8 Å². The predicted molar refractivity (Wildman–Crippen MR) is 118 cm³/mol. The quantitative estimate of drug-likeness (QED) is 0.697. The number of hydrogen-bond donors (Lipinski definition) is 1. The molecule has 0 radical (unpaired) electrons. The number of hydrogen-bond acceptors (Lipinski definition) is 7. The van der Waals surface area contributed by atoms with Crippen molar-refractivity contribution in [1.29, 1.82) is 0 Å². The van der Waals surface area contributed by atoms with E-state index in [0.717, 1.165) is 32.8 Å². The molecule has 1 amide bonds. The molecular formula is C21H26ClN3O4S. The highest BCUT2D eigenvalue weighted by atomic mass is 35.5. The molecule has 4 rings (SSSR count). The van der Waals surface area contributed by atoms with E-state index in [-0.39, 0.29) is 18.5 Å². The summed E-state index contributed by atoms with van der Waals surface area (Å²) in [6, 6.07) is 7.87. The summed E-state index contributed by atoms with van der Waals surface area (Å²) in [6.45, 7) is 5.28. The maximum absolute atomic E-state index is 12.7. The largest absolute Gasteiger partial charge is 0.486 e. The van der Waals surface area contributed by atoms with Crippen LogP contribution in [0, 0.1) is 0 Å². The van der Waals surface area contributed by atoms with Crippen molar-refractivity contribution in [2.45, 2.75) is 6.04 Å². The molecule has 9 heteroatoms. The van der Waals surface area contributed by atoms with Gasteiger partial charge in [-0.25, -0.2) is 0 Å². The fourth-order valence-corrected chi connectivity index (χ4v) is 4.76. The van der Waals surface area contributed by atoms with Crippen molar-refractivity contribution in [2.24, 2.45) is 0 Å². The Bertz CT molecular complexity index is 858. The van der Waals surface area contributed by atoms with E-state index in [1.165, 1.54) is 4.88 Å². The Labute approximate surface area is 185 Å². The van der Waals surface area contributed by atoms with Crippen molar-refractivity contribution in [3.63, 3.8) is 0 Å². The SMILES string of the molecule is CN(CC(=O)Nc1cc2c(cc1Cl)OCCO2)CC(c1cccs1)N1CCOCC1. The van der Waals surface area contributed by atoms with E-state index >= 15 is 0 Å². The lowest BCUT2D eigenvalue weighted by atomic mass is 10.1. The summed E-state index contributed by atoms with van der Waals surface area (Å²) >= 11 is 8.06. The first-order chi connectivity index (χ1) is 14.6. The zero-order chi connectivity index (χ0) is 20.9. The molecule has 1 saturated heterocycles. The minimum atomic E-state index is -0.122. The molecule has 7 nitrogen and oxygen atoms in total. The second-order valence-electron chi connectivity index (χ2n) is 7.40. The number of ether oxygens (including phenoxy) is 3. The highest BCUT2D eigenvalue weighted by molar-refractivity contribution is 7.10. The second-order valence-corrected chi connectivity index (χ2v) is 8.79. The zero-order valence-corrected chi connectivity index (χ0v) is 18.5. The molecule has 1 unspecified atom stereocenters. The molecule has 162 valence electrons. The topological polar surface area (TPSA) is 63.3 Å².